The molecule has 0 bridgehead atoms. The van der Waals surface area contributed by atoms with Gasteiger partial charge in [-0.3, -0.25) is 0 Å². The lowest BCUT2D eigenvalue weighted by atomic mass is 9.83. The maximum absolute atomic E-state index is 6.22. The highest BCUT2D eigenvalue weighted by Gasteiger charge is 2.24. The van der Waals surface area contributed by atoms with Gasteiger partial charge in [0.2, 0.25) is 0 Å². The fourth-order valence-corrected chi connectivity index (χ4v) is 2.32. The minimum atomic E-state index is 0.581. The van der Waals surface area contributed by atoms with Crippen molar-refractivity contribution in [2.45, 2.75) is 25.2 Å². The predicted molar refractivity (Wildman–Crippen MR) is 65.2 cm³/mol. The first-order chi connectivity index (χ1) is 7.84. The van der Waals surface area contributed by atoms with Gasteiger partial charge in [0.15, 0.2) is 0 Å². The molecule has 0 aliphatic heterocycles. The van der Waals surface area contributed by atoms with E-state index in [9.17, 15) is 0 Å². The molecule has 0 N–H and O–H groups in total. The predicted octanol–water partition coefficient (Wildman–Crippen LogP) is 3.79. The first-order valence-corrected chi connectivity index (χ1v) is 6.03. The molecular weight excluding hydrogens is 220 g/mol. The molecule has 16 heavy (non-hydrogen) atoms. The van der Waals surface area contributed by atoms with E-state index < -0.39 is 0 Å². The number of hydrogen-bond donors (Lipinski definition) is 0. The largest absolute Gasteiger partial charge is 0.239 e. The third kappa shape index (κ3) is 1.63. The Morgan fingerprint density at radius 2 is 1.94 bits per heavy atom. The molecule has 1 fully saturated rings. The molecule has 1 saturated carbocycles. The van der Waals surface area contributed by atoms with Gasteiger partial charge in [-0.15, -0.1) is 0 Å². The van der Waals surface area contributed by atoms with E-state index in [1.165, 1.54) is 19.3 Å². The summed E-state index contributed by atoms with van der Waals surface area (Å²) in [7, 11) is 0. The van der Waals surface area contributed by atoms with Crippen LogP contribution in [0.15, 0.2) is 36.5 Å². The Hall–Kier alpha value is -1.28. The smallest absolute Gasteiger partial charge is 0.0846 e. The molecule has 0 atom stereocenters. The number of para-hydroxylation sites is 1. The first kappa shape index (κ1) is 9.91. The highest BCUT2D eigenvalue weighted by atomic mass is 35.5. The van der Waals surface area contributed by atoms with E-state index in [2.05, 4.69) is 5.10 Å². The summed E-state index contributed by atoms with van der Waals surface area (Å²) in [4.78, 5) is 0. The zero-order valence-electron chi connectivity index (χ0n) is 8.94. The molecule has 3 heteroatoms. The number of benzene rings is 1. The second-order valence-corrected chi connectivity index (χ2v) is 4.68. The van der Waals surface area contributed by atoms with E-state index in [0.717, 1.165) is 16.4 Å². The van der Waals surface area contributed by atoms with Crippen LogP contribution in [0.5, 0.6) is 0 Å². The summed E-state index contributed by atoms with van der Waals surface area (Å²) in [5.41, 5.74) is 2.13. The molecular formula is C13H13ClN2. The maximum atomic E-state index is 6.22. The molecule has 1 aliphatic carbocycles. The van der Waals surface area contributed by atoms with Gasteiger partial charge < -0.3 is 0 Å². The molecule has 1 aromatic heterocycles. The minimum Gasteiger partial charge on any atom is -0.239 e. The molecule has 0 radical (unpaired) electrons. The van der Waals surface area contributed by atoms with Crippen molar-refractivity contribution in [2.75, 3.05) is 0 Å². The Kier molecular flexibility index (Phi) is 2.44. The lowest BCUT2D eigenvalue weighted by molar-refractivity contribution is 0.409. The Morgan fingerprint density at radius 3 is 2.56 bits per heavy atom. The zero-order valence-corrected chi connectivity index (χ0v) is 9.69. The fraction of sp³-hybridized carbons (Fsp3) is 0.308. The summed E-state index contributed by atoms with van der Waals surface area (Å²) in [6.07, 6.45) is 5.67. The average molecular weight is 233 g/mol. The van der Waals surface area contributed by atoms with Crippen LogP contribution in [0.2, 0.25) is 5.02 Å². The van der Waals surface area contributed by atoms with E-state index in [4.69, 9.17) is 11.6 Å². The highest BCUT2D eigenvalue weighted by Crippen LogP contribution is 2.38. The monoisotopic (exact) mass is 232 g/mol. The van der Waals surface area contributed by atoms with Gasteiger partial charge in [0, 0.05) is 12.1 Å². The molecule has 0 spiro atoms. The molecule has 1 heterocycles. The third-order valence-corrected chi connectivity index (χ3v) is 3.50. The zero-order chi connectivity index (χ0) is 11.0. The summed E-state index contributed by atoms with van der Waals surface area (Å²) in [6.45, 7) is 0. The summed E-state index contributed by atoms with van der Waals surface area (Å²) in [6, 6.07) is 10.1. The van der Waals surface area contributed by atoms with E-state index in [0.29, 0.717) is 5.92 Å². The third-order valence-electron chi connectivity index (χ3n) is 3.21. The van der Waals surface area contributed by atoms with Crippen LogP contribution in [0.25, 0.3) is 5.69 Å². The minimum absolute atomic E-state index is 0.581. The SMILES string of the molecule is Clc1cn(-c2ccccc2)nc1C1CCC1. The second kappa shape index (κ2) is 3.95. The van der Waals surface area contributed by atoms with Gasteiger partial charge in [0.25, 0.3) is 0 Å². The van der Waals surface area contributed by atoms with E-state index in [-0.39, 0.29) is 0 Å². The molecule has 0 unspecified atom stereocenters. The Bertz CT molecular complexity index is 486. The van der Waals surface area contributed by atoms with Crippen molar-refractivity contribution in [3.05, 3.63) is 47.2 Å². The van der Waals surface area contributed by atoms with Crippen LogP contribution in [0, 0.1) is 0 Å². The Labute approximate surface area is 99.9 Å². The van der Waals surface area contributed by atoms with Crippen molar-refractivity contribution in [1.82, 2.24) is 9.78 Å². The normalized spacial score (nSPS) is 16.1. The molecule has 2 aromatic rings. The molecule has 0 saturated heterocycles. The van der Waals surface area contributed by atoms with Crippen LogP contribution in [0.3, 0.4) is 0 Å². The number of nitrogens with zero attached hydrogens (tertiary/aromatic N) is 2. The van der Waals surface area contributed by atoms with E-state index >= 15 is 0 Å². The fourth-order valence-electron chi connectivity index (χ4n) is 2.04. The van der Waals surface area contributed by atoms with Gasteiger partial charge in [-0.05, 0) is 25.0 Å². The van der Waals surface area contributed by atoms with Crippen molar-refractivity contribution in [3.63, 3.8) is 0 Å². The van der Waals surface area contributed by atoms with Crippen LogP contribution in [0.4, 0.5) is 0 Å². The van der Waals surface area contributed by atoms with Gasteiger partial charge in [0.1, 0.15) is 0 Å². The summed E-state index contributed by atoms with van der Waals surface area (Å²) >= 11 is 6.22. The number of halogens is 1. The van der Waals surface area contributed by atoms with Crippen molar-refractivity contribution < 1.29 is 0 Å². The van der Waals surface area contributed by atoms with Gasteiger partial charge in [-0.25, -0.2) is 4.68 Å². The Morgan fingerprint density at radius 1 is 1.19 bits per heavy atom. The van der Waals surface area contributed by atoms with Crippen LogP contribution < -0.4 is 0 Å². The van der Waals surface area contributed by atoms with Crippen molar-refractivity contribution >= 4 is 11.6 Å². The second-order valence-electron chi connectivity index (χ2n) is 4.27. The molecule has 3 rings (SSSR count). The summed E-state index contributed by atoms with van der Waals surface area (Å²) in [5, 5.41) is 5.39. The maximum Gasteiger partial charge on any atom is 0.0846 e. The van der Waals surface area contributed by atoms with Crippen molar-refractivity contribution in [2.24, 2.45) is 0 Å². The molecule has 2 nitrogen and oxygen atoms in total. The lowest BCUT2D eigenvalue weighted by Gasteiger charge is -2.23. The molecule has 1 aromatic carbocycles. The summed E-state index contributed by atoms with van der Waals surface area (Å²) < 4.78 is 1.87. The van der Waals surface area contributed by atoms with Crippen molar-refractivity contribution in [3.8, 4) is 5.69 Å². The standard InChI is InChI=1S/C13H13ClN2/c14-12-9-16(11-7-2-1-3-8-11)15-13(12)10-5-4-6-10/h1-3,7-10H,4-6H2. The molecule has 0 amide bonds. The van der Waals surface area contributed by atoms with Gasteiger partial charge in [-0.1, -0.05) is 36.2 Å². The van der Waals surface area contributed by atoms with Crippen LogP contribution >= 0.6 is 11.6 Å². The van der Waals surface area contributed by atoms with Gasteiger partial charge in [0.05, 0.1) is 16.4 Å². The van der Waals surface area contributed by atoms with Gasteiger partial charge in [-0.2, -0.15) is 5.10 Å². The highest BCUT2D eigenvalue weighted by molar-refractivity contribution is 6.31. The van der Waals surface area contributed by atoms with Gasteiger partial charge >= 0.3 is 0 Å². The number of hydrogen-bond acceptors (Lipinski definition) is 1. The molecule has 82 valence electrons. The molecule has 1 aliphatic rings. The average Bonchev–Trinajstić information content (AvgIpc) is 2.60. The van der Waals surface area contributed by atoms with Crippen molar-refractivity contribution in [1.29, 1.82) is 0 Å². The van der Waals surface area contributed by atoms with Crippen LogP contribution in [0.1, 0.15) is 30.9 Å². The van der Waals surface area contributed by atoms with Crippen LogP contribution in [-0.4, -0.2) is 9.78 Å². The Balaban J connectivity index is 1.97. The van der Waals surface area contributed by atoms with E-state index in [1.54, 1.807) is 0 Å². The number of aromatic nitrogens is 2. The lowest BCUT2D eigenvalue weighted by Crippen LogP contribution is -2.10. The first-order valence-electron chi connectivity index (χ1n) is 5.65. The van der Waals surface area contributed by atoms with Crippen LogP contribution in [-0.2, 0) is 0 Å². The quantitative estimate of drug-likeness (QED) is 0.770. The summed E-state index contributed by atoms with van der Waals surface area (Å²) in [5.74, 6) is 0.581. The topological polar surface area (TPSA) is 17.8 Å². The number of rotatable bonds is 2. The van der Waals surface area contributed by atoms with E-state index in [1.807, 2.05) is 41.2 Å².